The molecule has 0 aliphatic rings. The Labute approximate surface area is 224 Å². The minimum absolute atomic E-state index is 0.221. The SMILES string of the molecule is CCOCn1c(C(=O)c2c[n+](C)n(-c3ccc(Oc4cccc(C#N)c4)cc3Cl)c2N)cc2ccccc21. The number of nitrogen functional groups attached to an aromatic ring is 1. The largest absolute Gasteiger partial charge is 0.457 e. The number of rotatable bonds is 8. The Balaban J connectivity index is 1.49. The van der Waals surface area contributed by atoms with Crippen molar-refractivity contribution in [3.8, 4) is 23.3 Å². The fraction of sp³-hybridized carbons (Fsp3) is 0.138. The van der Waals surface area contributed by atoms with Crippen molar-refractivity contribution in [2.75, 3.05) is 12.3 Å². The van der Waals surface area contributed by atoms with E-state index in [-0.39, 0.29) is 18.3 Å². The maximum absolute atomic E-state index is 13.8. The van der Waals surface area contributed by atoms with E-state index in [0.717, 1.165) is 10.9 Å². The Hall–Kier alpha value is -4.58. The molecule has 0 atom stereocenters. The van der Waals surface area contributed by atoms with Crippen molar-refractivity contribution in [3.05, 3.63) is 101 Å². The molecule has 3 aromatic carbocycles. The van der Waals surface area contributed by atoms with Crippen molar-refractivity contribution in [1.82, 2.24) is 9.25 Å². The molecule has 2 aromatic heterocycles. The van der Waals surface area contributed by atoms with Crippen LogP contribution < -0.4 is 15.2 Å². The quantitative estimate of drug-likeness (QED) is 0.216. The van der Waals surface area contributed by atoms with Crippen LogP contribution in [-0.4, -0.2) is 21.6 Å². The number of aromatic nitrogens is 3. The van der Waals surface area contributed by atoms with Gasteiger partial charge in [-0.3, -0.25) is 4.79 Å². The molecule has 0 aliphatic heterocycles. The lowest BCUT2D eigenvalue weighted by molar-refractivity contribution is -0.743. The second kappa shape index (κ2) is 10.4. The number of nitrogens with zero attached hydrogens (tertiary/aromatic N) is 4. The van der Waals surface area contributed by atoms with E-state index in [4.69, 9.17) is 32.1 Å². The van der Waals surface area contributed by atoms with Gasteiger partial charge in [-0.1, -0.05) is 35.9 Å². The molecule has 0 saturated carbocycles. The van der Waals surface area contributed by atoms with Crippen LogP contribution in [0.25, 0.3) is 16.6 Å². The fourth-order valence-corrected chi connectivity index (χ4v) is 4.67. The molecule has 38 heavy (non-hydrogen) atoms. The van der Waals surface area contributed by atoms with E-state index in [2.05, 4.69) is 6.07 Å². The molecule has 0 bridgehead atoms. The zero-order valence-corrected chi connectivity index (χ0v) is 21.6. The molecule has 0 spiro atoms. The van der Waals surface area contributed by atoms with Gasteiger partial charge in [0.2, 0.25) is 12.0 Å². The summed E-state index contributed by atoms with van der Waals surface area (Å²) in [7, 11) is 1.79. The van der Waals surface area contributed by atoms with Crippen molar-refractivity contribution in [2.45, 2.75) is 13.7 Å². The van der Waals surface area contributed by atoms with Gasteiger partial charge >= 0.3 is 0 Å². The van der Waals surface area contributed by atoms with Gasteiger partial charge in [-0.2, -0.15) is 5.26 Å². The minimum Gasteiger partial charge on any atom is -0.457 e. The van der Waals surface area contributed by atoms with E-state index in [1.807, 2.05) is 41.8 Å². The highest BCUT2D eigenvalue weighted by Crippen LogP contribution is 2.31. The lowest BCUT2D eigenvalue weighted by Crippen LogP contribution is -2.37. The third-order valence-electron chi connectivity index (χ3n) is 6.19. The predicted molar refractivity (Wildman–Crippen MR) is 145 cm³/mol. The lowest BCUT2D eigenvalue weighted by atomic mass is 10.1. The van der Waals surface area contributed by atoms with Crippen molar-refractivity contribution in [1.29, 1.82) is 5.26 Å². The van der Waals surface area contributed by atoms with Gasteiger partial charge in [-0.05, 0) is 49.4 Å². The van der Waals surface area contributed by atoms with E-state index in [1.165, 1.54) is 0 Å². The summed E-state index contributed by atoms with van der Waals surface area (Å²) in [6.07, 6.45) is 1.69. The van der Waals surface area contributed by atoms with Crippen molar-refractivity contribution in [2.24, 2.45) is 7.05 Å². The zero-order chi connectivity index (χ0) is 26.8. The molecule has 5 rings (SSSR count). The molecule has 2 N–H and O–H groups in total. The number of fused-ring (bicyclic) bond motifs is 1. The first kappa shape index (κ1) is 25.1. The first-order valence-corrected chi connectivity index (χ1v) is 12.3. The monoisotopic (exact) mass is 526 g/mol. The van der Waals surface area contributed by atoms with Gasteiger partial charge in [0.1, 0.15) is 29.5 Å². The van der Waals surface area contributed by atoms with E-state index in [0.29, 0.717) is 45.6 Å². The zero-order valence-electron chi connectivity index (χ0n) is 20.9. The Kier molecular flexibility index (Phi) is 6.88. The fourth-order valence-electron chi connectivity index (χ4n) is 4.42. The van der Waals surface area contributed by atoms with Crippen molar-refractivity contribution >= 4 is 34.1 Å². The third-order valence-corrected chi connectivity index (χ3v) is 6.50. The molecule has 190 valence electrons. The Morgan fingerprint density at radius 3 is 2.63 bits per heavy atom. The Bertz CT molecular complexity index is 1710. The topological polar surface area (TPSA) is 99.1 Å². The summed E-state index contributed by atoms with van der Waals surface area (Å²) in [6.45, 7) is 2.69. The average Bonchev–Trinajstić information content (AvgIpc) is 3.44. The summed E-state index contributed by atoms with van der Waals surface area (Å²) in [5.41, 5.74) is 9.36. The van der Waals surface area contributed by atoms with Gasteiger partial charge in [0, 0.05) is 18.1 Å². The van der Waals surface area contributed by atoms with Crippen LogP contribution in [0.2, 0.25) is 5.02 Å². The van der Waals surface area contributed by atoms with E-state index in [1.54, 1.807) is 65.1 Å². The molecule has 0 amide bonds. The first-order valence-electron chi connectivity index (χ1n) is 12.0. The van der Waals surface area contributed by atoms with E-state index in [9.17, 15) is 4.79 Å². The minimum atomic E-state index is -0.221. The summed E-state index contributed by atoms with van der Waals surface area (Å²) < 4.78 is 16.8. The number of ether oxygens (including phenoxy) is 2. The Morgan fingerprint density at radius 2 is 1.87 bits per heavy atom. The molecule has 8 nitrogen and oxygen atoms in total. The average molecular weight is 527 g/mol. The van der Waals surface area contributed by atoms with Crippen LogP contribution >= 0.6 is 11.6 Å². The van der Waals surface area contributed by atoms with Crippen LogP contribution in [0.4, 0.5) is 5.82 Å². The number of para-hydroxylation sites is 1. The van der Waals surface area contributed by atoms with Gasteiger partial charge in [-0.15, -0.1) is 9.36 Å². The highest BCUT2D eigenvalue weighted by Gasteiger charge is 2.28. The molecule has 0 radical (unpaired) electrons. The number of hydrogen-bond donors (Lipinski definition) is 1. The summed E-state index contributed by atoms with van der Waals surface area (Å²) in [4.78, 5) is 13.8. The Morgan fingerprint density at radius 1 is 1.08 bits per heavy atom. The van der Waals surface area contributed by atoms with Gasteiger partial charge in [0.05, 0.1) is 27.9 Å². The maximum Gasteiger partial charge on any atom is 0.219 e. The standard InChI is InChI=1S/C29H24ClN5O3/c1-3-37-18-34-25-10-5-4-8-20(25)14-27(34)28(36)23-17-33(2)35(29(23)32)26-12-11-22(15-24(26)30)38-21-9-6-7-19(13-21)16-31/h4-15,17,32H,3,18H2,1-2H3/p+1. The maximum atomic E-state index is 13.8. The lowest BCUT2D eigenvalue weighted by Gasteiger charge is -2.10. The van der Waals surface area contributed by atoms with Crippen LogP contribution in [0, 0.1) is 11.3 Å². The third kappa shape index (κ3) is 4.61. The normalized spacial score (nSPS) is 11.0. The van der Waals surface area contributed by atoms with Crippen LogP contribution in [0.15, 0.2) is 79.0 Å². The number of anilines is 1. The molecular weight excluding hydrogens is 502 g/mol. The number of nitrogens with two attached hydrogens (primary N) is 1. The molecule has 9 heteroatoms. The number of ketones is 1. The summed E-state index contributed by atoms with van der Waals surface area (Å²) in [5.74, 6) is 1.05. The molecule has 0 fully saturated rings. The molecular formula is C29H25ClN5O3+. The molecule has 0 aliphatic carbocycles. The van der Waals surface area contributed by atoms with Crippen LogP contribution in [0.3, 0.4) is 0 Å². The molecule has 0 saturated heterocycles. The van der Waals surface area contributed by atoms with E-state index < -0.39 is 0 Å². The number of benzene rings is 3. The number of carbonyl (C=O) groups excluding carboxylic acids is 1. The summed E-state index contributed by atoms with van der Waals surface area (Å²) in [6, 6.07) is 23.8. The smallest absolute Gasteiger partial charge is 0.219 e. The first-order chi connectivity index (χ1) is 18.4. The number of aryl methyl sites for hydroxylation is 1. The predicted octanol–water partition coefficient (Wildman–Crippen LogP) is 5.38. The van der Waals surface area contributed by atoms with E-state index >= 15 is 0 Å². The summed E-state index contributed by atoms with van der Waals surface area (Å²) >= 11 is 6.65. The second-order valence-corrected chi connectivity index (χ2v) is 9.04. The van der Waals surface area contributed by atoms with Gasteiger partial charge in [-0.25, -0.2) is 0 Å². The molecule has 5 aromatic rings. The number of nitriles is 1. The van der Waals surface area contributed by atoms with Crippen molar-refractivity contribution < 1.29 is 19.0 Å². The van der Waals surface area contributed by atoms with Gasteiger partial charge in [0.15, 0.2) is 12.9 Å². The summed E-state index contributed by atoms with van der Waals surface area (Å²) in [5, 5.41) is 10.4. The van der Waals surface area contributed by atoms with Crippen LogP contribution in [0.5, 0.6) is 11.5 Å². The van der Waals surface area contributed by atoms with Gasteiger partial charge in [0.25, 0.3) is 0 Å². The van der Waals surface area contributed by atoms with Crippen molar-refractivity contribution in [3.63, 3.8) is 0 Å². The number of hydrogen-bond acceptors (Lipinski definition) is 5. The second-order valence-electron chi connectivity index (χ2n) is 8.64. The highest BCUT2D eigenvalue weighted by atomic mass is 35.5. The molecule has 2 heterocycles. The van der Waals surface area contributed by atoms with Gasteiger partial charge < -0.3 is 19.8 Å². The number of halogens is 1. The highest BCUT2D eigenvalue weighted by molar-refractivity contribution is 6.32. The van der Waals surface area contributed by atoms with Crippen LogP contribution in [-0.2, 0) is 18.5 Å². The molecule has 0 unspecified atom stereocenters. The van der Waals surface area contributed by atoms with Crippen LogP contribution in [0.1, 0.15) is 28.5 Å². The number of carbonyl (C=O) groups is 1.